The molecule has 0 unspecified atom stereocenters. The van der Waals surface area contributed by atoms with E-state index < -0.39 is 0 Å². The van der Waals surface area contributed by atoms with Crippen LogP contribution in [0, 0.1) is 0 Å². The van der Waals surface area contributed by atoms with Crippen molar-refractivity contribution in [2.45, 2.75) is 26.9 Å². The van der Waals surface area contributed by atoms with E-state index in [0.717, 1.165) is 49.3 Å². The molecule has 1 aliphatic rings. The van der Waals surface area contributed by atoms with Crippen molar-refractivity contribution in [1.82, 2.24) is 14.9 Å². The molecular formula is C19H25N5O2. The van der Waals surface area contributed by atoms with Crippen LogP contribution in [0.3, 0.4) is 0 Å². The van der Waals surface area contributed by atoms with Crippen molar-refractivity contribution in [2.75, 3.05) is 36.4 Å². The number of nitrogens with zero attached hydrogens (tertiary/aromatic N) is 4. The maximum absolute atomic E-state index is 11.4. The zero-order valence-corrected chi connectivity index (χ0v) is 15.5. The third-order valence-corrected chi connectivity index (χ3v) is 4.20. The van der Waals surface area contributed by atoms with Gasteiger partial charge in [-0.05, 0) is 38.1 Å². The Hall–Kier alpha value is -2.83. The molecule has 138 valence electrons. The predicted molar refractivity (Wildman–Crippen MR) is 102 cm³/mol. The van der Waals surface area contributed by atoms with Gasteiger partial charge in [-0.25, -0.2) is 9.97 Å². The maximum Gasteiger partial charge on any atom is 0.219 e. The third-order valence-electron chi connectivity index (χ3n) is 4.20. The van der Waals surface area contributed by atoms with Gasteiger partial charge in [0.25, 0.3) is 0 Å². The number of piperazine rings is 1. The fourth-order valence-electron chi connectivity index (χ4n) is 2.88. The zero-order chi connectivity index (χ0) is 18.5. The first-order valence-corrected chi connectivity index (χ1v) is 8.87. The molecule has 0 atom stereocenters. The van der Waals surface area contributed by atoms with Crippen LogP contribution in [0.1, 0.15) is 20.8 Å². The maximum atomic E-state index is 11.4. The predicted octanol–water partition coefficient (Wildman–Crippen LogP) is 2.68. The van der Waals surface area contributed by atoms with Crippen LogP contribution >= 0.6 is 0 Å². The minimum absolute atomic E-state index is 0.125. The van der Waals surface area contributed by atoms with Crippen LogP contribution in [0.15, 0.2) is 36.7 Å². The number of anilines is 3. The summed E-state index contributed by atoms with van der Waals surface area (Å²) < 4.78 is 5.66. The Morgan fingerprint density at radius 3 is 2.42 bits per heavy atom. The molecule has 0 spiro atoms. The second-order valence-electron chi connectivity index (χ2n) is 6.57. The number of hydrogen-bond donors (Lipinski definition) is 1. The Bertz CT molecular complexity index is 740. The largest absolute Gasteiger partial charge is 0.491 e. The van der Waals surface area contributed by atoms with Crippen molar-refractivity contribution >= 4 is 23.2 Å². The van der Waals surface area contributed by atoms with Crippen LogP contribution in [0.2, 0.25) is 0 Å². The summed E-state index contributed by atoms with van der Waals surface area (Å²) in [4.78, 5) is 24.1. The number of carbonyl (C=O) groups is 1. The second-order valence-corrected chi connectivity index (χ2v) is 6.57. The van der Waals surface area contributed by atoms with Gasteiger partial charge in [-0.1, -0.05) is 0 Å². The molecule has 1 aromatic heterocycles. The van der Waals surface area contributed by atoms with Gasteiger partial charge in [0.15, 0.2) is 0 Å². The smallest absolute Gasteiger partial charge is 0.219 e. The van der Waals surface area contributed by atoms with Gasteiger partial charge >= 0.3 is 0 Å². The van der Waals surface area contributed by atoms with Gasteiger partial charge in [-0.3, -0.25) is 4.79 Å². The average Bonchev–Trinajstić information content (AvgIpc) is 2.63. The number of ether oxygens (including phenoxy) is 1. The van der Waals surface area contributed by atoms with E-state index in [1.807, 2.05) is 49.1 Å². The van der Waals surface area contributed by atoms with Gasteiger partial charge in [0.2, 0.25) is 5.91 Å². The molecule has 1 N–H and O–H groups in total. The standard InChI is InChI=1S/C19H25N5O2/c1-14(2)26-17-6-4-16(5-7-17)22-18-12-19(21-13-20-18)24-10-8-23(9-11-24)15(3)25/h4-7,12-14H,8-11H2,1-3H3,(H,20,21,22). The first kappa shape index (κ1) is 18.0. The van der Waals surface area contributed by atoms with E-state index in [1.54, 1.807) is 13.3 Å². The van der Waals surface area contributed by atoms with Crippen LogP contribution in [0.4, 0.5) is 17.3 Å². The minimum Gasteiger partial charge on any atom is -0.491 e. The molecule has 0 bridgehead atoms. The summed E-state index contributed by atoms with van der Waals surface area (Å²) in [7, 11) is 0. The van der Waals surface area contributed by atoms with E-state index in [1.165, 1.54) is 0 Å². The summed E-state index contributed by atoms with van der Waals surface area (Å²) in [5, 5.41) is 3.29. The molecule has 3 rings (SSSR count). The minimum atomic E-state index is 0.125. The summed E-state index contributed by atoms with van der Waals surface area (Å²) in [6.07, 6.45) is 1.72. The highest BCUT2D eigenvalue weighted by Crippen LogP contribution is 2.22. The van der Waals surface area contributed by atoms with E-state index in [9.17, 15) is 4.79 Å². The van der Waals surface area contributed by atoms with Gasteiger partial charge in [-0.2, -0.15) is 0 Å². The topological polar surface area (TPSA) is 70.6 Å². The molecule has 1 amide bonds. The van der Waals surface area contributed by atoms with Crippen LogP contribution in [0.5, 0.6) is 5.75 Å². The number of amides is 1. The summed E-state index contributed by atoms with van der Waals surface area (Å²) in [6.45, 7) is 8.61. The first-order chi connectivity index (χ1) is 12.5. The fraction of sp³-hybridized carbons (Fsp3) is 0.421. The molecule has 1 aliphatic heterocycles. The van der Waals surface area contributed by atoms with Crippen LogP contribution in [-0.2, 0) is 4.79 Å². The average molecular weight is 355 g/mol. The highest BCUT2D eigenvalue weighted by atomic mass is 16.5. The summed E-state index contributed by atoms with van der Waals surface area (Å²) in [5.41, 5.74) is 0.937. The number of aromatic nitrogens is 2. The first-order valence-electron chi connectivity index (χ1n) is 8.87. The monoisotopic (exact) mass is 355 g/mol. The van der Waals surface area contributed by atoms with Gasteiger partial charge in [0, 0.05) is 44.9 Å². The lowest BCUT2D eigenvalue weighted by atomic mass is 10.3. The number of hydrogen-bond acceptors (Lipinski definition) is 6. The summed E-state index contributed by atoms with van der Waals surface area (Å²) in [5.74, 6) is 2.57. The van der Waals surface area contributed by atoms with Crippen molar-refractivity contribution < 1.29 is 9.53 Å². The van der Waals surface area contributed by atoms with E-state index in [4.69, 9.17) is 4.74 Å². The van der Waals surface area contributed by atoms with Crippen LogP contribution < -0.4 is 15.0 Å². The molecule has 7 nitrogen and oxygen atoms in total. The quantitative estimate of drug-likeness (QED) is 0.889. The summed E-state index contributed by atoms with van der Waals surface area (Å²) >= 11 is 0. The Morgan fingerprint density at radius 1 is 1.12 bits per heavy atom. The number of rotatable bonds is 5. The lowest BCUT2D eigenvalue weighted by Crippen LogP contribution is -2.48. The molecule has 1 aromatic carbocycles. The molecule has 1 fully saturated rings. The molecule has 1 saturated heterocycles. The van der Waals surface area contributed by atoms with Crippen molar-refractivity contribution in [3.63, 3.8) is 0 Å². The van der Waals surface area contributed by atoms with Gasteiger partial charge in [0.05, 0.1) is 6.10 Å². The second kappa shape index (κ2) is 8.03. The molecule has 0 aliphatic carbocycles. The Morgan fingerprint density at radius 2 is 1.81 bits per heavy atom. The SMILES string of the molecule is CC(=O)N1CCN(c2cc(Nc3ccc(OC(C)C)cc3)ncn2)CC1. The van der Waals surface area contributed by atoms with Crippen molar-refractivity contribution in [1.29, 1.82) is 0 Å². The molecule has 26 heavy (non-hydrogen) atoms. The van der Waals surface area contributed by atoms with Crippen molar-refractivity contribution in [3.8, 4) is 5.75 Å². The zero-order valence-electron chi connectivity index (χ0n) is 15.5. The van der Waals surface area contributed by atoms with Crippen molar-refractivity contribution in [3.05, 3.63) is 36.7 Å². The Labute approximate surface area is 154 Å². The molecular weight excluding hydrogens is 330 g/mol. The number of nitrogens with one attached hydrogen (secondary N) is 1. The van der Waals surface area contributed by atoms with Crippen LogP contribution in [0.25, 0.3) is 0 Å². The normalized spacial score (nSPS) is 14.5. The molecule has 2 heterocycles. The fourth-order valence-corrected chi connectivity index (χ4v) is 2.88. The highest BCUT2D eigenvalue weighted by Gasteiger charge is 2.19. The van der Waals surface area contributed by atoms with E-state index in [0.29, 0.717) is 0 Å². The molecule has 7 heteroatoms. The van der Waals surface area contributed by atoms with Gasteiger partial charge in [0.1, 0.15) is 23.7 Å². The van der Waals surface area contributed by atoms with E-state index in [2.05, 4.69) is 20.2 Å². The molecule has 0 saturated carbocycles. The van der Waals surface area contributed by atoms with E-state index >= 15 is 0 Å². The van der Waals surface area contributed by atoms with E-state index in [-0.39, 0.29) is 12.0 Å². The van der Waals surface area contributed by atoms with Crippen LogP contribution in [-0.4, -0.2) is 53.1 Å². The highest BCUT2D eigenvalue weighted by molar-refractivity contribution is 5.73. The third kappa shape index (κ3) is 4.62. The van der Waals surface area contributed by atoms with Gasteiger partial charge < -0.3 is 19.9 Å². The number of carbonyl (C=O) groups excluding carboxylic acids is 1. The Balaban J connectivity index is 1.63. The van der Waals surface area contributed by atoms with Gasteiger partial charge in [-0.15, -0.1) is 0 Å². The lowest BCUT2D eigenvalue weighted by molar-refractivity contribution is -0.129. The number of benzene rings is 1. The van der Waals surface area contributed by atoms with Crippen molar-refractivity contribution in [2.24, 2.45) is 0 Å². The molecule has 2 aromatic rings. The lowest BCUT2D eigenvalue weighted by Gasteiger charge is -2.34. The summed E-state index contributed by atoms with van der Waals surface area (Å²) in [6, 6.07) is 9.73. The Kier molecular flexibility index (Phi) is 5.55. The molecule has 0 radical (unpaired) electrons.